The first-order valence-electron chi connectivity index (χ1n) is 11.8. The number of benzene rings is 2. The highest BCUT2D eigenvalue weighted by molar-refractivity contribution is 5.81. The van der Waals surface area contributed by atoms with Crippen LogP contribution in [0.3, 0.4) is 0 Å². The van der Waals surface area contributed by atoms with E-state index in [1.165, 1.54) is 0 Å². The molecule has 2 aromatic rings. The van der Waals surface area contributed by atoms with Crippen molar-refractivity contribution in [1.82, 2.24) is 10.6 Å². The van der Waals surface area contributed by atoms with E-state index in [0.29, 0.717) is 13.0 Å². The van der Waals surface area contributed by atoms with E-state index in [9.17, 15) is 19.5 Å². The van der Waals surface area contributed by atoms with E-state index in [-0.39, 0.29) is 44.1 Å². The lowest BCUT2D eigenvalue weighted by atomic mass is 9.98. The molecule has 35 heavy (non-hydrogen) atoms. The number of carbonyl (C=O) groups is 3. The van der Waals surface area contributed by atoms with E-state index in [1.807, 2.05) is 24.3 Å². The smallest absolute Gasteiger partial charge is 0.407 e. The van der Waals surface area contributed by atoms with Crippen LogP contribution < -0.4 is 10.6 Å². The van der Waals surface area contributed by atoms with Crippen molar-refractivity contribution in [1.29, 1.82) is 0 Å². The average molecular weight is 481 g/mol. The zero-order valence-corrected chi connectivity index (χ0v) is 19.1. The topological polar surface area (TPSA) is 123 Å². The molecular weight excluding hydrogens is 452 g/mol. The van der Waals surface area contributed by atoms with Crippen LogP contribution in [0.5, 0.6) is 0 Å². The standard InChI is InChI=1S/C26H28N2O7/c29-24(27-11-15-9-10-34-23(15)25(30)31)21-12-33-14-22(21)28-26(32)35-13-20-18-7-3-1-5-16(18)17-6-2-4-8-19(17)20/h1-8,15,20-23H,9-14H2,(H,27,29)(H,28,32)(H,30,31)/t15-,21?,22?,23-/m1/s1. The van der Waals surface area contributed by atoms with Crippen LogP contribution in [0, 0.1) is 11.8 Å². The molecule has 0 aromatic heterocycles. The molecule has 9 nitrogen and oxygen atoms in total. The molecule has 0 spiro atoms. The Balaban J connectivity index is 1.15. The van der Waals surface area contributed by atoms with Crippen molar-refractivity contribution in [2.45, 2.75) is 24.5 Å². The molecule has 2 aromatic carbocycles. The van der Waals surface area contributed by atoms with Gasteiger partial charge in [0.1, 0.15) is 6.61 Å². The molecule has 2 fully saturated rings. The second kappa shape index (κ2) is 10.1. The van der Waals surface area contributed by atoms with Crippen molar-refractivity contribution in [3.05, 3.63) is 59.7 Å². The van der Waals surface area contributed by atoms with Crippen molar-refractivity contribution in [2.24, 2.45) is 11.8 Å². The normalized spacial score (nSPS) is 25.0. The maximum absolute atomic E-state index is 12.7. The van der Waals surface area contributed by atoms with Crippen molar-refractivity contribution in [2.75, 3.05) is 33.0 Å². The fourth-order valence-electron chi connectivity index (χ4n) is 5.23. The Hall–Kier alpha value is -3.43. The zero-order valence-electron chi connectivity index (χ0n) is 19.1. The molecule has 0 radical (unpaired) electrons. The zero-order chi connectivity index (χ0) is 24.4. The highest BCUT2D eigenvalue weighted by atomic mass is 16.6. The van der Waals surface area contributed by atoms with Gasteiger partial charge in [0.05, 0.1) is 25.2 Å². The number of hydrogen-bond donors (Lipinski definition) is 3. The molecule has 2 amide bonds. The minimum absolute atomic E-state index is 0.0529. The molecule has 4 atom stereocenters. The van der Waals surface area contributed by atoms with Gasteiger partial charge in [0.15, 0.2) is 6.10 Å². The maximum Gasteiger partial charge on any atom is 0.407 e. The Morgan fingerprint density at radius 2 is 1.69 bits per heavy atom. The van der Waals surface area contributed by atoms with E-state index < -0.39 is 30.1 Å². The van der Waals surface area contributed by atoms with Crippen LogP contribution in [0.2, 0.25) is 0 Å². The minimum atomic E-state index is -1.03. The molecule has 2 heterocycles. The van der Waals surface area contributed by atoms with Gasteiger partial charge in [0.25, 0.3) is 0 Å². The molecular formula is C26H28N2O7. The Labute approximate surface area is 202 Å². The Kier molecular flexibility index (Phi) is 6.70. The Bertz CT molecular complexity index is 1070. The highest BCUT2D eigenvalue weighted by Gasteiger charge is 2.38. The lowest BCUT2D eigenvalue weighted by Crippen LogP contribution is -2.47. The van der Waals surface area contributed by atoms with E-state index in [1.54, 1.807) is 0 Å². The molecule has 3 N–H and O–H groups in total. The number of hydrogen-bond acceptors (Lipinski definition) is 6. The molecule has 5 rings (SSSR count). The number of amides is 2. The van der Waals surface area contributed by atoms with Gasteiger partial charge in [-0.1, -0.05) is 48.5 Å². The average Bonchev–Trinajstić information content (AvgIpc) is 3.59. The lowest BCUT2D eigenvalue weighted by molar-refractivity contribution is -0.149. The largest absolute Gasteiger partial charge is 0.479 e. The number of aliphatic carboxylic acids is 1. The maximum atomic E-state index is 12.7. The van der Waals surface area contributed by atoms with E-state index in [0.717, 1.165) is 22.3 Å². The summed E-state index contributed by atoms with van der Waals surface area (Å²) in [5, 5.41) is 14.8. The molecule has 2 saturated heterocycles. The third-order valence-corrected chi connectivity index (χ3v) is 7.06. The summed E-state index contributed by atoms with van der Waals surface area (Å²) in [4.78, 5) is 36.6. The van der Waals surface area contributed by atoms with Crippen molar-refractivity contribution >= 4 is 18.0 Å². The van der Waals surface area contributed by atoms with Crippen molar-refractivity contribution in [3.8, 4) is 11.1 Å². The third-order valence-electron chi connectivity index (χ3n) is 7.06. The van der Waals surface area contributed by atoms with Gasteiger partial charge in [-0.15, -0.1) is 0 Å². The number of rotatable bonds is 7. The first kappa shape index (κ1) is 23.3. The number of carboxylic acid groups (broad SMARTS) is 1. The summed E-state index contributed by atoms with van der Waals surface area (Å²) in [6.45, 7) is 1.11. The predicted octanol–water partition coefficient (Wildman–Crippen LogP) is 2.15. The van der Waals surface area contributed by atoms with Crippen LogP contribution in [0.1, 0.15) is 23.5 Å². The second-order valence-electron chi connectivity index (χ2n) is 9.14. The van der Waals surface area contributed by atoms with Gasteiger partial charge >= 0.3 is 12.1 Å². The van der Waals surface area contributed by atoms with Gasteiger partial charge in [0, 0.05) is 25.0 Å². The number of nitrogens with one attached hydrogen (secondary N) is 2. The molecule has 3 aliphatic rings. The lowest BCUT2D eigenvalue weighted by Gasteiger charge is -2.21. The predicted molar refractivity (Wildman–Crippen MR) is 125 cm³/mol. The summed E-state index contributed by atoms with van der Waals surface area (Å²) in [7, 11) is 0. The highest BCUT2D eigenvalue weighted by Crippen LogP contribution is 2.44. The SMILES string of the molecule is O=C(NC1COCC1C(=O)NC[C@H]1CCO[C@H]1C(=O)O)OCC1c2ccccc2-c2ccccc21. The summed E-state index contributed by atoms with van der Waals surface area (Å²) in [5.41, 5.74) is 4.55. The third kappa shape index (κ3) is 4.74. The number of alkyl carbamates (subject to hydrolysis) is 1. The number of fused-ring (bicyclic) bond motifs is 3. The van der Waals surface area contributed by atoms with E-state index >= 15 is 0 Å². The van der Waals surface area contributed by atoms with Crippen molar-refractivity contribution in [3.63, 3.8) is 0 Å². The number of carboxylic acids is 1. The van der Waals surface area contributed by atoms with Crippen LogP contribution in [-0.4, -0.2) is 68.2 Å². The van der Waals surface area contributed by atoms with Crippen LogP contribution in [0.25, 0.3) is 11.1 Å². The molecule has 2 unspecified atom stereocenters. The molecule has 0 bridgehead atoms. The fraction of sp³-hybridized carbons (Fsp3) is 0.423. The van der Waals surface area contributed by atoms with E-state index in [2.05, 4.69) is 34.9 Å². The quantitative estimate of drug-likeness (QED) is 0.555. The monoisotopic (exact) mass is 480 g/mol. The van der Waals surface area contributed by atoms with Gasteiger partial charge in [-0.25, -0.2) is 9.59 Å². The summed E-state index contributed by atoms with van der Waals surface area (Å²) in [6, 6.07) is 15.7. The summed E-state index contributed by atoms with van der Waals surface area (Å²) in [6.07, 6.45) is -0.944. The van der Waals surface area contributed by atoms with E-state index in [4.69, 9.17) is 14.2 Å². The van der Waals surface area contributed by atoms with Gasteiger partial charge in [0.2, 0.25) is 5.91 Å². The van der Waals surface area contributed by atoms with Crippen LogP contribution >= 0.6 is 0 Å². The first-order valence-corrected chi connectivity index (χ1v) is 11.8. The van der Waals surface area contributed by atoms with Crippen LogP contribution in [0.4, 0.5) is 4.79 Å². The number of ether oxygens (including phenoxy) is 3. The Morgan fingerprint density at radius 3 is 2.37 bits per heavy atom. The molecule has 0 saturated carbocycles. The molecule has 2 aliphatic heterocycles. The number of carbonyl (C=O) groups excluding carboxylic acids is 2. The second-order valence-corrected chi connectivity index (χ2v) is 9.14. The minimum Gasteiger partial charge on any atom is -0.479 e. The Morgan fingerprint density at radius 1 is 1.00 bits per heavy atom. The summed E-state index contributed by atoms with van der Waals surface area (Å²) < 4.78 is 16.3. The van der Waals surface area contributed by atoms with Crippen LogP contribution in [-0.2, 0) is 23.8 Å². The fourth-order valence-corrected chi connectivity index (χ4v) is 5.23. The molecule has 1 aliphatic carbocycles. The summed E-state index contributed by atoms with van der Waals surface area (Å²) in [5.74, 6) is -2.24. The first-order chi connectivity index (χ1) is 17.0. The molecule has 9 heteroatoms. The van der Waals surface area contributed by atoms with Gasteiger partial charge in [-0.3, -0.25) is 4.79 Å². The van der Waals surface area contributed by atoms with Gasteiger partial charge in [-0.2, -0.15) is 0 Å². The van der Waals surface area contributed by atoms with Gasteiger partial charge < -0.3 is 30.0 Å². The van der Waals surface area contributed by atoms with Crippen molar-refractivity contribution < 1.29 is 33.7 Å². The van der Waals surface area contributed by atoms with Crippen LogP contribution in [0.15, 0.2) is 48.5 Å². The molecule has 184 valence electrons. The summed E-state index contributed by atoms with van der Waals surface area (Å²) >= 11 is 0. The van der Waals surface area contributed by atoms with Gasteiger partial charge in [-0.05, 0) is 28.7 Å².